The number of alkyl carbamates (subject to hydrolysis) is 1. The van der Waals surface area contributed by atoms with Crippen molar-refractivity contribution in [2.24, 2.45) is 5.41 Å². The van der Waals surface area contributed by atoms with E-state index in [0.29, 0.717) is 25.9 Å². The zero-order chi connectivity index (χ0) is 27.2. The van der Waals surface area contributed by atoms with Crippen LogP contribution in [0.5, 0.6) is 0 Å². The van der Waals surface area contributed by atoms with Crippen LogP contribution >= 0.6 is 0 Å². The molecule has 0 aliphatic rings. The minimum Gasteiger partial charge on any atom is -0.444 e. The summed E-state index contributed by atoms with van der Waals surface area (Å²) in [5, 5.41) is 11.1. The molecule has 0 fully saturated rings. The molecule has 0 saturated carbocycles. The Morgan fingerprint density at radius 3 is 2.38 bits per heavy atom. The molecule has 8 heteroatoms. The number of amides is 1. The van der Waals surface area contributed by atoms with Gasteiger partial charge in [-0.15, -0.1) is 0 Å². The third kappa shape index (κ3) is 8.39. The minimum atomic E-state index is -0.547. The number of carbonyl (C=O) groups is 1. The summed E-state index contributed by atoms with van der Waals surface area (Å²) in [7, 11) is 0. The zero-order valence-corrected chi connectivity index (χ0v) is 22.6. The number of aromatic nitrogens is 2. The van der Waals surface area contributed by atoms with E-state index in [4.69, 9.17) is 9.84 Å². The average Bonchev–Trinajstić information content (AvgIpc) is 3.19. The van der Waals surface area contributed by atoms with Gasteiger partial charge in [0, 0.05) is 25.2 Å². The highest BCUT2D eigenvalue weighted by Gasteiger charge is 2.31. The molecule has 0 aliphatic carbocycles. The van der Waals surface area contributed by atoms with Gasteiger partial charge in [-0.1, -0.05) is 51.1 Å². The molecule has 1 aromatic heterocycles. The van der Waals surface area contributed by atoms with E-state index in [0.717, 1.165) is 35.0 Å². The lowest BCUT2D eigenvalue weighted by molar-refractivity contribution is 0.0527. The maximum Gasteiger partial charge on any atom is 0.407 e. The van der Waals surface area contributed by atoms with Crippen molar-refractivity contribution < 1.29 is 18.3 Å². The third-order valence-electron chi connectivity index (χ3n) is 5.72. The van der Waals surface area contributed by atoms with Gasteiger partial charge in [0.15, 0.2) is 0 Å². The topological polar surface area (TPSA) is 68.2 Å². The van der Waals surface area contributed by atoms with Gasteiger partial charge in [-0.3, -0.25) is 0 Å². The van der Waals surface area contributed by atoms with Gasteiger partial charge in [0.1, 0.15) is 22.9 Å². The van der Waals surface area contributed by atoms with Crippen LogP contribution in [-0.4, -0.2) is 34.6 Å². The Morgan fingerprint density at radius 1 is 1.03 bits per heavy atom. The van der Waals surface area contributed by atoms with Crippen LogP contribution in [0.4, 0.5) is 13.6 Å². The summed E-state index contributed by atoms with van der Waals surface area (Å²) in [6.07, 6.45) is 2.62. The Hall–Kier alpha value is -3.26. The van der Waals surface area contributed by atoms with Gasteiger partial charge in [-0.05, 0) is 62.4 Å². The fourth-order valence-electron chi connectivity index (χ4n) is 4.06. The first-order chi connectivity index (χ1) is 17.3. The molecule has 0 saturated heterocycles. The number of halogens is 2. The van der Waals surface area contributed by atoms with Gasteiger partial charge in [0.2, 0.25) is 0 Å². The molecule has 6 nitrogen and oxygen atoms in total. The molecule has 2 aromatic carbocycles. The van der Waals surface area contributed by atoms with Crippen LogP contribution in [0.15, 0.2) is 54.7 Å². The fourth-order valence-corrected chi connectivity index (χ4v) is 4.06. The molecule has 0 spiro atoms. The van der Waals surface area contributed by atoms with Crippen molar-refractivity contribution in [2.75, 3.05) is 13.1 Å². The van der Waals surface area contributed by atoms with Crippen LogP contribution in [0.3, 0.4) is 0 Å². The quantitative estimate of drug-likeness (QED) is 0.329. The maximum absolute atomic E-state index is 14.6. The van der Waals surface area contributed by atoms with Crippen LogP contribution in [0.2, 0.25) is 0 Å². The molecule has 1 atom stereocenters. The molecular formula is C29H38F2N4O2. The first-order valence-electron chi connectivity index (χ1n) is 12.6. The SMILES string of the molecule is CC(C)(C)OC(=O)NCCCN[C@@H](c1nn(-c2cc(F)ccc2F)cc1Cc1ccccc1)C(C)(C)C. The van der Waals surface area contributed by atoms with E-state index >= 15 is 0 Å². The van der Waals surface area contributed by atoms with Crippen molar-refractivity contribution in [1.29, 1.82) is 0 Å². The van der Waals surface area contributed by atoms with Gasteiger partial charge in [0.25, 0.3) is 0 Å². The number of ether oxygens (including phenoxy) is 1. The monoisotopic (exact) mass is 512 g/mol. The highest BCUT2D eigenvalue weighted by molar-refractivity contribution is 5.67. The predicted octanol–water partition coefficient (Wildman–Crippen LogP) is 6.33. The van der Waals surface area contributed by atoms with Crippen molar-refractivity contribution in [3.63, 3.8) is 0 Å². The summed E-state index contributed by atoms with van der Waals surface area (Å²) in [5.74, 6) is -1.07. The highest BCUT2D eigenvalue weighted by atomic mass is 19.1. The van der Waals surface area contributed by atoms with Crippen molar-refractivity contribution in [1.82, 2.24) is 20.4 Å². The molecule has 0 radical (unpaired) electrons. The van der Waals surface area contributed by atoms with Gasteiger partial charge in [-0.25, -0.2) is 18.3 Å². The third-order valence-corrected chi connectivity index (χ3v) is 5.72. The molecule has 3 aromatic rings. The minimum absolute atomic E-state index is 0.0646. The van der Waals surface area contributed by atoms with E-state index in [1.54, 1.807) is 6.20 Å². The molecule has 1 amide bonds. The van der Waals surface area contributed by atoms with Crippen molar-refractivity contribution in [3.8, 4) is 5.69 Å². The van der Waals surface area contributed by atoms with E-state index in [-0.39, 0.29) is 17.1 Å². The van der Waals surface area contributed by atoms with Crippen LogP contribution < -0.4 is 10.6 Å². The molecule has 0 bridgehead atoms. The lowest BCUT2D eigenvalue weighted by atomic mass is 9.83. The lowest BCUT2D eigenvalue weighted by Gasteiger charge is -2.31. The first kappa shape index (κ1) is 28.3. The molecule has 0 aliphatic heterocycles. The summed E-state index contributed by atoms with van der Waals surface area (Å²) in [5.41, 5.74) is 2.08. The van der Waals surface area contributed by atoms with Crippen molar-refractivity contribution in [3.05, 3.63) is 83.2 Å². The van der Waals surface area contributed by atoms with E-state index in [1.807, 2.05) is 51.1 Å². The Balaban J connectivity index is 1.83. The molecule has 2 N–H and O–H groups in total. The normalized spacial score (nSPS) is 12.9. The number of carbonyl (C=O) groups excluding carboxylic acids is 1. The lowest BCUT2D eigenvalue weighted by Crippen LogP contribution is -2.36. The van der Waals surface area contributed by atoms with E-state index in [1.165, 1.54) is 4.68 Å². The van der Waals surface area contributed by atoms with Crippen LogP contribution in [0, 0.1) is 17.0 Å². The zero-order valence-electron chi connectivity index (χ0n) is 22.6. The van der Waals surface area contributed by atoms with Crippen LogP contribution in [0.1, 0.15) is 70.8 Å². The maximum atomic E-state index is 14.6. The largest absolute Gasteiger partial charge is 0.444 e. The molecule has 0 unspecified atom stereocenters. The Labute approximate surface area is 218 Å². The second-order valence-corrected chi connectivity index (χ2v) is 11.3. The molecular weight excluding hydrogens is 474 g/mol. The summed E-state index contributed by atoms with van der Waals surface area (Å²) in [6, 6.07) is 13.2. The standard InChI is InChI=1S/C29H38F2N4O2/c1-28(2,3)26(32-15-10-16-33-27(36)37-29(4,5)6)25-21(17-20-11-8-7-9-12-20)19-35(34-25)24-18-22(30)13-14-23(24)31/h7-9,11-14,18-19,26,32H,10,15-17H2,1-6H3,(H,33,36)/t26-/m0/s1. The number of hydrogen-bond acceptors (Lipinski definition) is 4. The molecule has 1 heterocycles. The number of benzene rings is 2. The number of rotatable bonds is 9. The van der Waals surface area contributed by atoms with E-state index in [2.05, 4.69) is 31.4 Å². The Kier molecular flexibility index (Phi) is 9.07. The second-order valence-electron chi connectivity index (χ2n) is 11.3. The van der Waals surface area contributed by atoms with Crippen LogP contribution in [-0.2, 0) is 11.2 Å². The van der Waals surface area contributed by atoms with Gasteiger partial charge in [-0.2, -0.15) is 5.10 Å². The van der Waals surface area contributed by atoms with E-state index < -0.39 is 23.3 Å². The highest BCUT2D eigenvalue weighted by Crippen LogP contribution is 2.35. The van der Waals surface area contributed by atoms with Gasteiger partial charge < -0.3 is 15.4 Å². The Morgan fingerprint density at radius 2 is 1.73 bits per heavy atom. The van der Waals surface area contributed by atoms with Crippen LogP contribution in [0.25, 0.3) is 5.69 Å². The number of hydrogen-bond donors (Lipinski definition) is 2. The molecule has 37 heavy (non-hydrogen) atoms. The van der Waals surface area contributed by atoms with Crippen molar-refractivity contribution >= 4 is 6.09 Å². The second kappa shape index (κ2) is 11.9. The van der Waals surface area contributed by atoms with Crippen molar-refractivity contribution in [2.45, 2.75) is 66.0 Å². The number of nitrogens with one attached hydrogen (secondary N) is 2. The fraction of sp³-hybridized carbons (Fsp3) is 0.448. The summed E-state index contributed by atoms with van der Waals surface area (Å²) < 4.78 is 35.3. The molecule has 3 rings (SSSR count). The predicted molar refractivity (Wildman–Crippen MR) is 142 cm³/mol. The van der Waals surface area contributed by atoms with E-state index in [9.17, 15) is 13.6 Å². The Bertz CT molecular complexity index is 1180. The van der Waals surface area contributed by atoms with Gasteiger partial charge >= 0.3 is 6.09 Å². The summed E-state index contributed by atoms with van der Waals surface area (Å²) in [6.45, 7) is 12.9. The smallest absolute Gasteiger partial charge is 0.407 e. The summed E-state index contributed by atoms with van der Waals surface area (Å²) >= 11 is 0. The van der Waals surface area contributed by atoms with Gasteiger partial charge in [0.05, 0.1) is 11.7 Å². The average molecular weight is 513 g/mol. The first-order valence-corrected chi connectivity index (χ1v) is 12.6. The summed E-state index contributed by atoms with van der Waals surface area (Å²) in [4.78, 5) is 11.9. The number of nitrogens with zero attached hydrogens (tertiary/aromatic N) is 2. The molecule has 200 valence electrons.